The predicted octanol–water partition coefficient (Wildman–Crippen LogP) is 7.40. The van der Waals surface area contributed by atoms with Crippen LogP contribution in [-0.4, -0.2) is 16.1 Å². The molecule has 2 aliphatic carbocycles. The molecule has 2 aliphatic rings. The topological polar surface area (TPSA) is 0 Å². The lowest BCUT2D eigenvalue weighted by Gasteiger charge is -2.33. The molecule has 0 aromatic carbocycles. The van der Waals surface area contributed by atoms with Gasteiger partial charge >= 0.3 is 0 Å². The Morgan fingerprint density at radius 2 is 1.21 bits per heavy atom. The van der Waals surface area contributed by atoms with Crippen LogP contribution in [0, 0.1) is 10.8 Å². The average molecular weight is 363 g/mol. The monoisotopic (exact) mass is 362 g/mol. The number of hydrogen-bond donors (Lipinski definition) is 0. The summed E-state index contributed by atoms with van der Waals surface area (Å²) >= 11 is 4.26. The van der Waals surface area contributed by atoms with Crippen molar-refractivity contribution in [2.24, 2.45) is 10.8 Å². The molecule has 0 nitrogen and oxygen atoms in total. The summed E-state index contributed by atoms with van der Waals surface area (Å²) < 4.78 is 0.651. The van der Waals surface area contributed by atoms with Crippen molar-refractivity contribution in [2.45, 2.75) is 65.9 Å². The van der Waals surface area contributed by atoms with E-state index < -0.39 is 0 Å². The molecule has 0 aliphatic heterocycles. The summed E-state index contributed by atoms with van der Waals surface area (Å²) in [6.07, 6.45) is 12.0. The Kier molecular flexibility index (Phi) is 6.58. The molecule has 0 spiro atoms. The first-order chi connectivity index (χ1) is 11.1. The van der Waals surface area contributed by atoms with Gasteiger partial charge in [0, 0.05) is 16.1 Å². The van der Waals surface area contributed by atoms with E-state index in [0.29, 0.717) is 15.4 Å². The zero-order valence-corrected chi connectivity index (χ0v) is 18.2. The van der Waals surface area contributed by atoms with Crippen molar-refractivity contribution in [1.82, 2.24) is 0 Å². The van der Waals surface area contributed by atoms with Gasteiger partial charge in [-0.2, -0.15) is 0 Å². The quantitative estimate of drug-likeness (QED) is 0.451. The van der Waals surface area contributed by atoms with Crippen LogP contribution in [0.3, 0.4) is 0 Å². The van der Waals surface area contributed by atoms with Gasteiger partial charge in [0.25, 0.3) is 0 Å². The molecule has 0 aromatic rings. The van der Waals surface area contributed by atoms with Gasteiger partial charge in [-0.3, -0.25) is 0 Å². The van der Waals surface area contributed by atoms with E-state index in [2.05, 4.69) is 96.3 Å². The molecule has 2 rings (SSSR count). The Morgan fingerprint density at radius 3 is 1.54 bits per heavy atom. The molecular formula is C22H34S2. The number of hydrogen-bond acceptors (Lipinski definition) is 2. The molecule has 0 N–H and O–H groups in total. The van der Waals surface area contributed by atoms with Crippen LogP contribution in [0.25, 0.3) is 0 Å². The standard InChI is InChI=1S/C22H34S2/c1-16-8-17(2)11-21(6,10-16)14-23-20(5)24-15-22(7)12-18(3)9-19(4)13-22/h8-10,12,20H,11,13-15H2,1-7H3. The zero-order chi connectivity index (χ0) is 18.0. The Balaban J connectivity index is 1.83. The lowest BCUT2D eigenvalue weighted by atomic mass is 9.80. The van der Waals surface area contributed by atoms with Gasteiger partial charge in [0.05, 0.1) is 0 Å². The Hall–Kier alpha value is -0.340. The molecule has 0 heterocycles. The van der Waals surface area contributed by atoms with Gasteiger partial charge in [-0.05, 0) is 58.3 Å². The smallest absolute Gasteiger partial charge is 0.0474 e. The van der Waals surface area contributed by atoms with E-state index in [1.165, 1.54) is 46.6 Å². The summed E-state index contributed by atoms with van der Waals surface area (Å²) in [5.74, 6) is 2.43. The first-order valence-electron chi connectivity index (χ1n) is 9.06. The minimum Gasteiger partial charge on any atom is -0.147 e. The van der Waals surface area contributed by atoms with E-state index >= 15 is 0 Å². The Labute approximate surface area is 158 Å². The zero-order valence-electron chi connectivity index (χ0n) is 16.5. The van der Waals surface area contributed by atoms with Crippen molar-refractivity contribution in [3.63, 3.8) is 0 Å². The SMILES string of the molecule is CC1=CC(C)(CSC(C)SCC2(C)C=C(C)C=C(C)C2)CC(C)=C1. The highest BCUT2D eigenvalue weighted by Crippen LogP contribution is 2.42. The summed E-state index contributed by atoms with van der Waals surface area (Å²) in [5, 5.41) is 0. The molecule has 2 unspecified atom stereocenters. The minimum atomic E-state index is 0.326. The Bertz CT molecular complexity index is 541. The summed E-state index contributed by atoms with van der Waals surface area (Å²) in [7, 11) is 0. The molecule has 0 aromatic heterocycles. The predicted molar refractivity (Wildman–Crippen MR) is 115 cm³/mol. The summed E-state index contributed by atoms with van der Waals surface area (Å²) in [6.45, 7) is 16.2. The van der Waals surface area contributed by atoms with Crippen LogP contribution in [-0.2, 0) is 0 Å². The minimum absolute atomic E-state index is 0.326. The van der Waals surface area contributed by atoms with Gasteiger partial charge < -0.3 is 0 Å². The first-order valence-corrected chi connectivity index (χ1v) is 11.2. The third kappa shape index (κ3) is 5.88. The number of thioether (sulfide) groups is 2. The number of rotatable bonds is 6. The Morgan fingerprint density at radius 1 is 0.833 bits per heavy atom. The summed E-state index contributed by atoms with van der Waals surface area (Å²) in [5.41, 5.74) is 6.56. The third-order valence-corrected chi connectivity index (χ3v) is 8.17. The molecule has 0 fully saturated rings. The molecule has 24 heavy (non-hydrogen) atoms. The average Bonchev–Trinajstić information content (AvgIpc) is 2.40. The lowest BCUT2D eigenvalue weighted by Crippen LogP contribution is -2.23. The molecule has 134 valence electrons. The van der Waals surface area contributed by atoms with Crippen LogP contribution < -0.4 is 0 Å². The molecule has 2 atom stereocenters. The second-order valence-electron chi connectivity index (χ2n) is 8.61. The van der Waals surface area contributed by atoms with Gasteiger partial charge in [0.1, 0.15) is 0 Å². The van der Waals surface area contributed by atoms with Gasteiger partial charge in [-0.1, -0.05) is 60.4 Å². The van der Waals surface area contributed by atoms with E-state index in [-0.39, 0.29) is 0 Å². The maximum absolute atomic E-state index is 2.48. The van der Waals surface area contributed by atoms with Crippen LogP contribution in [0.4, 0.5) is 0 Å². The van der Waals surface area contributed by atoms with E-state index in [0.717, 1.165) is 0 Å². The fourth-order valence-electron chi connectivity index (χ4n) is 4.29. The maximum Gasteiger partial charge on any atom is 0.0474 e. The van der Waals surface area contributed by atoms with Crippen molar-refractivity contribution in [2.75, 3.05) is 11.5 Å². The number of allylic oxidation sites excluding steroid dienone is 8. The van der Waals surface area contributed by atoms with Gasteiger partial charge in [0.15, 0.2) is 0 Å². The highest BCUT2D eigenvalue weighted by atomic mass is 32.2. The molecule has 0 saturated heterocycles. The van der Waals surface area contributed by atoms with Crippen molar-refractivity contribution in [1.29, 1.82) is 0 Å². The van der Waals surface area contributed by atoms with Gasteiger partial charge in [-0.25, -0.2) is 0 Å². The second-order valence-corrected chi connectivity index (χ2v) is 11.6. The molecule has 0 bridgehead atoms. The van der Waals surface area contributed by atoms with Crippen LogP contribution in [0.5, 0.6) is 0 Å². The van der Waals surface area contributed by atoms with Gasteiger partial charge in [-0.15, -0.1) is 23.5 Å². The molecule has 2 heteroatoms. The van der Waals surface area contributed by atoms with Crippen LogP contribution in [0.15, 0.2) is 46.6 Å². The summed E-state index contributed by atoms with van der Waals surface area (Å²) in [4.78, 5) is 0. The van der Waals surface area contributed by atoms with Gasteiger partial charge in [0.2, 0.25) is 0 Å². The maximum atomic E-state index is 2.48. The molecule has 0 saturated carbocycles. The van der Waals surface area contributed by atoms with E-state index in [4.69, 9.17) is 0 Å². The largest absolute Gasteiger partial charge is 0.147 e. The molecule has 0 radical (unpaired) electrons. The van der Waals surface area contributed by atoms with Crippen LogP contribution >= 0.6 is 23.5 Å². The van der Waals surface area contributed by atoms with Crippen LogP contribution in [0.1, 0.15) is 61.3 Å². The fraction of sp³-hybridized carbons (Fsp3) is 0.636. The second kappa shape index (κ2) is 7.91. The van der Waals surface area contributed by atoms with E-state index in [1.807, 2.05) is 0 Å². The molecule has 0 amide bonds. The van der Waals surface area contributed by atoms with Crippen molar-refractivity contribution >= 4 is 23.5 Å². The normalized spacial score (nSPS) is 31.8. The van der Waals surface area contributed by atoms with Crippen molar-refractivity contribution in [3.8, 4) is 0 Å². The first kappa shape index (κ1) is 20.0. The van der Waals surface area contributed by atoms with Crippen LogP contribution in [0.2, 0.25) is 0 Å². The fourth-order valence-corrected chi connectivity index (χ4v) is 6.68. The third-order valence-electron chi connectivity index (χ3n) is 4.76. The van der Waals surface area contributed by atoms with E-state index in [1.54, 1.807) is 0 Å². The summed E-state index contributed by atoms with van der Waals surface area (Å²) in [6, 6.07) is 0. The lowest BCUT2D eigenvalue weighted by molar-refractivity contribution is 0.476. The van der Waals surface area contributed by atoms with Crippen molar-refractivity contribution in [3.05, 3.63) is 46.6 Å². The van der Waals surface area contributed by atoms with Crippen molar-refractivity contribution < 1.29 is 0 Å². The highest BCUT2D eigenvalue weighted by Gasteiger charge is 2.28. The van der Waals surface area contributed by atoms with E-state index in [9.17, 15) is 0 Å². The highest BCUT2D eigenvalue weighted by molar-refractivity contribution is 8.17. The molecular weight excluding hydrogens is 328 g/mol.